The average Bonchev–Trinajstić information content (AvgIpc) is 2.62. The van der Waals surface area contributed by atoms with Gasteiger partial charge in [-0.25, -0.2) is 0 Å². The van der Waals surface area contributed by atoms with E-state index in [1.807, 2.05) is 32.9 Å². The number of anilines is 2. The van der Waals surface area contributed by atoms with Crippen LogP contribution in [-0.4, -0.2) is 30.9 Å². The van der Waals surface area contributed by atoms with Crippen LogP contribution in [0.15, 0.2) is 18.2 Å². The van der Waals surface area contributed by atoms with Gasteiger partial charge in [-0.2, -0.15) is 0 Å². The SMILES string of the molecule is CCC(=O)Nc1ccc(N2CCCCC2)c(C(=O)NC(C)CC)c1. The summed E-state index contributed by atoms with van der Waals surface area (Å²) in [5, 5.41) is 5.89. The van der Waals surface area contributed by atoms with Gasteiger partial charge in [0.15, 0.2) is 0 Å². The Hall–Kier alpha value is -2.04. The summed E-state index contributed by atoms with van der Waals surface area (Å²) in [5.41, 5.74) is 2.29. The fraction of sp³-hybridized carbons (Fsp3) is 0.579. The quantitative estimate of drug-likeness (QED) is 0.838. The molecule has 5 heteroatoms. The van der Waals surface area contributed by atoms with Crippen molar-refractivity contribution < 1.29 is 9.59 Å². The summed E-state index contributed by atoms with van der Waals surface area (Å²) in [7, 11) is 0. The fourth-order valence-corrected chi connectivity index (χ4v) is 2.86. The summed E-state index contributed by atoms with van der Waals surface area (Å²) in [6, 6.07) is 5.77. The van der Waals surface area contributed by atoms with Gasteiger partial charge >= 0.3 is 0 Å². The van der Waals surface area contributed by atoms with Gasteiger partial charge in [-0.05, 0) is 50.8 Å². The van der Waals surface area contributed by atoms with Crippen LogP contribution < -0.4 is 15.5 Å². The van der Waals surface area contributed by atoms with Gasteiger partial charge in [0.1, 0.15) is 0 Å². The highest BCUT2D eigenvalue weighted by Gasteiger charge is 2.20. The molecule has 0 radical (unpaired) electrons. The second-order valence-corrected chi connectivity index (χ2v) is 6.46. The van der Waals surface area contributed by atoms with Gasteiger partial charge < -0.3 is 15.5 Å². The molecule has 1 aliphatic rings. The monoisotopic (exact) mass is 331 g/mol. The van der Waals surface area contributed by atoms with Crippen molar-refractivity contribution in [2.24, 2.45) is 0 Å². The first-order chi connectivity index (χ1) is 11.5. The number of benzene rings is 1. The lowest BCUT2D eigenvalue weighted by atomic mass is 10.1. The predicted molar refractivity (Wildman–Crippen MR) is 98.6 cm³/mol. The van der Waals surface area contributed by atoms with Crippen molar-refractivity contribution in [3.8, 4) is 0 Å². The summed E-state index contributed by atoms with van der Waals surface area (Å²) in [6.45, 7) is 7.82. The van der Waals surface area contributed by atoms with Crippen molar-refractivity contribution in [3.05, 3.63) is 23.8 Å². The Morgan fingerprint density at radius 2 is 1.88 bits per heavy atom. The smallest absolute Gasteiger partial charge is 0.253 e. The molecule has 1 aromatic rings. The number of carbonyl (C=O) groups excluding carboxylic acids is 2. The number of carbonyl (C=O) groups is 2. The molecule has 1 aliphatic heterocycles. The van der Waals surface area contributed by atoms with Crippen LogP contribution >= 0.6 is 0 Å². The molecule has 0 saturated carbocycles. The molecule has 1 saturated heterocycles. The molecular weight excluding hydrogens is 302 g/mol. The van der Waals surface area contributed by atoms with E-state index in [2.05, 4.69) is 15.5 Å². The molecule has 1 fully saturated rings. The first kappa shape index (κ1) is 18.3. The van der Waals surface area contributed by atoms with Crippen molar-refractivity contribution in [1.29, 1.82) is 0 Å². The minimum absolute atomic E-state index is 0.0472. The highest BCUT2D eigenvalue weighted by atomic mass is 16.2. The van der Waals surface area contributed by atoms with Gasteiger partial charge in [-0.1, -0.05) is 13.8 Å². The third-order valence-corrected chi connectivity index (χ3v) is 4.53. The van der Waals surface area contributed by atoms with E-state index in [9.17, 15) is 9.59 Å². The summed E-state index contributed by atoms with van der Waals surface area (Å²) < 4.78 is 0. The Kier molecular flexibility index (Phi) is 6.64. The first-order valence-corrected chi connectivity index (χ1v) is 9.04. The van der Waals surface area contributed by atoms with E-state index in [1.165, 1.54) is 6.42 Å². The van der Waals surface area contributed by atoms with Crippen molar-refractivity contribution in [2.45, 2.75) is 58.9 Å². The molecule has 5 nitrogen and oxygen atoms in total. The Bertz CT molecular complexity index is 580. The highest BCUT2D eigenvalue weighted by molar-refractivity contribution is 6.02. The zero-order valence-electron chi connectivity index (χ0n) is 15.0. The zero-order valence-corrected chi connectivity index (χ0v) is 15.0. The zero-order chi connectivity index (χ0) is 17.5. The van der Waals surface area contributed by atoms with Crippen LogP contribution in [0.4, 0.5) is 11.4 Å². The Morgan fingerprint density at radius 3 is 2.50 bits per heavy atom. The molecule has 132 valence electrons. The lowest BCUT2D eigenvalue weighted by Crippen LogP contribution is -2.35. The Morgan fingerprint density at radius 1 is 1.17 bits per heavy atom. The van der Waals surface area contributed by atoms with Gasteiger partial charge in [-0.3, -0.25) is 9.59 Å². The minimum Gasteiger partial charge on any atom is -0.371 e. The molecule has 2 N–H and O–H groups in total. The van der Waals surface area contributed by atoms with Crippen LogP contribution in [0.2, 0.25) is 0 Å². The molecule has 0 spiro atoms. The molecule has 1 atom stereocenters. The number of rotatable bonds is 6. The van der Waals surface area contributed by atoms with Crippen molar-refractivity contribution in [3.63, 3.8) is 0 Å². The third kappa shape index (κ3) is 4.73. The number of hydrogen-bond donors (Lipinski definition) is 2. The Labute approximate surface area is 144 Å². The van der Waals surface area contributed by atoms with E-state index in [4.69, 9.17) is 0 Å². The van der Waals surface area contributed by atoms with Gasteiger partial charge in [0.05, 0.1) is 5.56 Å². The van der Waals surface area contributed by atoms with Gasteiger partial charge in [0.25, 0.3) is 5.91 Å². The number of piperidine rings is 1. The fourth-order valence-electron chi connectivity index (χ4n) is 2.86. The molecule has 24 heavy (non-hydrogen) atoms. The average molecular weight is 331 g/mol. The largest absolute Gasteiger partial charge is 0.371 e. The lowest BCUT2D eigenvalue weighted by Gasteiger charge is -2.31. The first-order valence-electron chi connectivity index (χ1n) is 9.04. The number of nitrogens with zero attached hydrogens (tertiary/aromatic N) is 1. The van der Waals surface area contributed by atoms with Gasteiger partial charge in [0.2, 0.25) is 5.91 Å². The van der Waals surface area contributed by atoms with Gasteiger partial charge in [-0.15, -0.1) is 0 Å². The topological polar surface area (TPSA) is 61.4 Å². The lowest BCUT2D eigenvalue weighted by molar-refractivity contribution is -0.115. The molecule has 2 amide bonds. The normalized spacial score (nSPS) is 15.7. The van der Waals surface area contributed by atoms with Crippen LogP contribution in [0.3, 0.4) is 0 Å². The predicted octanol–water partition coefficient (Wildman–Crippen LogP) is 3.55. The highest BCUT2D eigenvalue weighted by Crippen LogP contribution is 2.27. The minimum atomic E-state index is -0.0717. The summed E-state index contributed by atoms with van der Waals surface area (Å²) in [4.78, 5) is 26.7. The number of nitrogens with one attached hydrogen (secondary N) is 2. The van der Waals surface area contributed by atoms with Crippen LogP contribution in [0, 0.1) is 0 Å². The molecule has 0 bridgehead atoms. The van der Waals surface area contributed by atoms with Crippen molar-refractivity contribution in [2.75, 3.05) is 23.3 Å². The second-order valence-electron chi connectivity index (χ2n) is 6.46. The molecule has 0 aliphatic carbocycles. The standard InChI is InChI=1S/C19H29N3O2/c1-4-14(3)20-19(24)16-13-15(21-18(23)5-2)9-10-17(16)22-11-7-6-8-12-22/h9-10,13-14H,4-8,11-12H2,1-3H3,(H,20,24)(H,21,23). The summed E-state index contributed by atoms with van der Waals surface area (Å²) in [6.07, 6.45) is 4.86. The molecule has 0 aromatic heterocycles. The van der Waals surface area contributed by atoms with E-state index < -0.39 is 0 Å². The van der Waals surface area contributed by atoms with E-state index in [0.29, 0.717) is 17.7 Å². The third-order valence-electron chi connectivity index (χ3n) is 4.53. The van der Waals surface area contributed by atoms with Crippen LogP contribution in [0.5, 0.6) is 0 Å². The van der Waals surface area contributed by atoms with Crippen molar-refractivity contribution >= 4 is 23.2 Å². The van der Waals surface area contributed by atoms with Crippen molar-refractivity contribution in [1.82, 2.24) is 5.32 Å². The number of hydrogen-bond acceptors (Lipinski definition) is 3. The van der Waals surface area contributed by atoms with E-state index in [0.717, 1.165) is 38.0 Å². The van der Waals surface area contributed by atoms with E-state index in [-0.39, 0.29) is 17.9 Å². The molecule has 1 heterocycles. The number of amides is 2. The second kappa shape index (κ2) is 8.71. The summed E-state index contributed by atoms with van der Waals surface area (Å²) >= 11 is 0. The molecular formula is C19H29N3O2. The Balaban J connectivity index is 2.30. The van der Waals surface area contributed by atoms with E-state index in [1.54, 1.807) is 6.07 Å². The van der Waals surface area contributed by atoms with Crippen LogP contribution in [0.25, 0.3) is 0 Å². The molecule has 1 aromatic carbocycles. The maximum absolute atomic E-state index is 12.7. The van der Waals surface area contributed by atoms with E-state index >= 15 is 0 Å². The summed E-state index contributed by atoms with van der Waals surface area (Å²) in [5.74, 6) is -0.119. The maximum Gasteiger partial charge on any atom is 0.253 e. The molecule has 2 rings (SSSR count). The van der Waals surface area contributed by atoms with Crippen LogP contribution in [-0.2, 0) is 4.79 Å². The molecule has 1 unspecified atom stereocenters. The van der Waals surface area contributed by atoms with Gasteiger partial charge in [0, 0.05) is 36.9 Å². The maximum atomic E-state index is 12.7. The van der Waals surface area contributed by atoms with Crippen LogP contribution in [0.1, 0.15) is 63.2 Å².